The first-order chi connectivity index (χ1) is 7.76. The summed E-state index contributed by atoms with van der Waals surface area (Å²) < 4.78 is 0. The van der Waals surface area contributed by atoms with Gasteiger partial charge in [0.25, 0.3) is 0 Å². The summed E-state index contributed by atoms with van der Waals surface area (Å²) in [5.41, 5.74) is -0.00197. The first-order valence-corrected chi connectivity index (χ1v) is 6.49. The Hall–Kier alpha value is -0.610. The van der Waals surface area contributed by atoms with Crippen LogP contribution in [0.4, 0.5) is 0 Å². The molecule has 1 N–H and O–H groups in total. The third-order valence-corrected chi connectivity index (χ3v) is 3.38. The molecule has 1 rings (SSSR count). The van der Waals surface area contributed by atoms with Crippen molar-refractivity contribution in [1.82, 2.24) is 15.1 Å². The van der Waals surface area contributed by atoms with Crippen LogP contribution in [0, 0.1) is 0 Å². The molecule has 0 aliphatic carbocycles. The SMILES string of the molecule is CCC(C)N1CC(C)(C)NC(CN(C)C)C1=O. The van der Waals surface area contributed by atoms with E-state index in [1.54, 1.807) is 0 Å². The standard InChI is InChI=1S/C13H27N3O/c1-7-10(2)16-9-13(3,4)14-11(12(16)17)8-15(5)6/h10-11,14H,7-9H2,1-6H3. The van der Waals surface area contributed by atoms with Gasteiger partial charge in [-0.2, -0.15) is 0 Å². The molecule has 0 aromatic rings. The average Bonchev–Trinajstić information content (AvgIpc) is 2.20. The van der Waals surface area contributed by atoms with Gasteiger partial charge in [0.05, 0.1) is 0 Å². The minimum absolute atomic E-state index is 0.00197. The van der Waals surface area contributed by atoms with Crippen LogP contribution in [-0.2, 0) is 4.79 Å². The Balaban J connectivity index is 2.82. The van der Waals surface area contributed by atoms with Gasteiger partial charge < -0.3 is 9.80 Å². The van der Waals surface area contributed by atoms with Crippen molar-refractivity contribution in [2.45, 2.75) is 51.7 Å². The highest BCUT2D eigenvalue weighted by Gasteiger charge is 2.39. The number of hydrogen-bond acceptors (Lipinski definition) is 3. The first kappa shape index (κ1) is 14.5. The minimum atomic E-state index is -0.0808. The lowest BCUT2D eigenvalue weighted by Gasteiger charge is -2.46. The van der Waals surface area contributed by atoms with Gasteiger partial charge in [-0.1, -0.05) is 6.92 Å². The summed E-state index contributed by atoms with van der Waals surface area (Å²) >= 11 is 0. The Labute approximate surface area is 105 Å². The van der Waals surface area contributed by atoms with Crippen LogP contribution in [0.1, 0.15) is 34.1 Å². The molecule has 1 saturated heterocycles. The van der Waals surface area contributed by atoms with Crippen molar-refractivity contribution in [1.29, 1.82) is 0 Å². The monoisotopic (exact) mass is 241 g/mol. The molecule has 1 heterocycles. The molecule has 0 aromatic carbocycles. The van der Waals surface area contributed by atoms with E-state index in [9.17, 15) is 4.79 Å². The van der Waals surface area contributed by atoms with E-state index < -0.39 is 0 Å². The van der Waals surface area contributed by atoms with Crippen molar-refractivity contribution in [3.8, 4) is 0 Å². The van der Waals surface area contributed by atoms with Crippen LogP contribution in [0.25, 0.3) is 0 Å². The zero-order valence-corrected chi connectivity index (χ0v) is 12.1. The molecule has 0 bridgehead atoms. The Kier molecular flexibility index (Phi) is 4.55. The lowest BCUT2D eigenvalue weighted by molar-refractivity contribution is -0.141. The van der Waals surface area contributed by atoms with Crippen molar-refractivity contribution in [3.05, 3.63) is 0 Å². The van der Waals surface area contributed by atoms with Gasteiger partial charge in [0.1, 0.15) is 6.04 Å². The van der Waals surface area contributed by atoms with Crippen molar-refractivity contribution in [3.63, 3.8) is 0 Å². The van der Waals surface area contributed by atoms with E-state index in [2.05, 4.69) is 37.9 Å². The molecule has 2 unspecified atom stereocenters. The number of rotatable bonds is 4. The van der Waals surface area contributed by atoms with Crippen molar-refractivity contribution < 1.29 is 4.79 Å². The molecule has 1 aliphatic rings. The van der Waals surface area contributed by atoms with Gasteiger partial charge in [-0.15, -0.1) is 0 Å². The van der Waals surface area contributed by atoms with Gasteiger partial charge in [-0.3, -0.25) is 10.1 Å². The van der Waals surface area contributed by atoms with E-state index in [4.69, 9.17) is 0 Å². The molecule has 100 valence electrons. The third kappa shape index (κ3) is 3.68. The van der Waals surface area contributed by atoms with Crippen LogP contribution in [0.15, 0.2) is 0 Å². The summed E-state index contributed by atoms with van der Waals surface area (Å²) in [6.45, 7) is 10.1. The molecular weight excluding hydrogens is 214 g/mol. The van der Waals surface area contributed by atoms with Crippen LogP contribution in [0.3, 0.4) is 0 Å². The topological polar surface area (TPSA) is 35.6 Å². The zero-order chi connectivity index (χ0) is 13.2. The normalized spacial score (nSPS) is 26.4. The summed E-state index contributed by atoms with van der Waals surface area (Å²) in [5.74, 6) is 0.243. The summed E-state index contributed by atoms with van der Waals surface area (Å²) in [7, 11) is 4.01. The largest absolute Gasteiger partial charge is 0.337 e. The number of carbonyl (C=O) groups is 1. The Morgan fingerprint density at radius 1 is 1.53 bits per heavy atom. The molecule has 4 nitrogen and oxygen atoms in total. The highest BCUT2D eigenvalue weighted by Crippen LogP contribution is 2.19. The molecule has 2 atom stereocenters. The molecule has 1 aliphatic heterocycles. The second kappa shape index (κ2) is 5.36. The second-order valence-corrected chi connectivity index (χ2v) is 6.07. The number of piperazine rings is 1. The second-order valence-electron chi connectivity index (χ2n) is 6.07. The maximum Gasteiger partial charge on any atom is 0.241 e. The molecule has 17 heavy (non-hydrogen) atoms. The number of likely N-dealkylation sites (N-methyl/N-ethyl adjacent to an activating group) is 1. The van der Waals surface area contributed by atoms with Crippen LogP contribution in [-0.4, -0.2) is 60.5 Å². The molecular formula is C13H27N3O. The van der Waals surface area contributed by atoms with Crippen molar-refractivity contribution in [2.75, 3.05) is 27.2 Å². The van der Waals surface area contributed by atoms with Crippen molar-refractivity contribution >= 4 is 5.91 Å². The summed E-state index contributed by atoms with van der Waals surface area (Å²) in [5, 5.41) is 3.45. The summed E-state index contributed by atoms with van der Waals surface area (Å²) in [6.07, 6.45) is 1.01. The minimum Gasteiger partial charge on any atom is -0.337 e. The van der Waals surface area contributed by atoms with E-state index in [1.165, 1.54) is 0 Å². The summed E-state index contributed by atoms with van der Waals surface area (Å²) in [4.78, 5) is 16.5. The summed E-state index contributed by atoms with van der Waals surface area (Å²) in [6, 6.07) is 0.247. The Bertz CT molecular complexity index is 276. The third-order valence-electron chi connectivity index (χ3n) is 3.38. The number of nitrogens with zero attached hydrogens (tertiary/aromatic N) is 2. The number of nitrogens with one attached hydrogen (secondary N) is 1. The first-order valence-electron chi connectivity index (χ1n) is 6.49. The molecule has 0 spiro atoms. The Morgan fingerprint density at radius 3 is 2.59 bits per heavy atom. The van der Waals surface area contributed by atoms with Gasteiger partial charge in [0, 0.05) is 24.7 Å². The fraction of sp³-hybridized carbons (Fsp3) is 0.923. The van der Waals surface area contributed by atoms with Gasteiger partial charge in [0.2, 0.25) is 5.91 Å². The highest BCUT2D eigenvalue weighted by atomic mass is 16.2. The predicted molar refractivity (Wildman–Crippen MR) is 71.0 cm³/mol. The molecule has 0 radical (unpaired) electrons. The molecule has 1 amide bonds. The van der Waals surface area contributed by atoms with E-state index in [1.807, 2.05) is 19.0 Å². The molecule has 1 fully saturated rings. The fourth-order valence-electron chi connectivity index (χ4n) is 2.37. The predicted octanol–water partition coefficient (Wildman–Crippen LogP) is 0.925. The lowest BCUT2D eigenvalue weighted by Crippen LogP contribution is -2.68. The van der Waals surface area contributed by atoms with E-state index in [-0.39, 0.29) is 17.5 Å². The van der Waals surface area contributed by atoms with Crippen LogP contribution >= 0.6 is 0 Å². The number of hydrogen-bond donors (Lipinski definition) is 1. The van der Waals surface area contributed by atoms with Gasteiger partial charge in [-0.25, -0.2) is 0 Å². The fourth-order valence-corrected chi connectivity index (χ4v) is 2.37. The Morgan fingerprint density at radius 2 is 2.12 bits per heavy atom. The van der Waals surface area contributed by atoms with E-state index >= 15 is 0 Å². The number of amides is 1. The highest BCUT2D eigenvalue weighted by molar-refractivity contribution is 5.83. The molecule has 0 saturated carbocycles. The number of carbonyl (C=O) groups excluding carboxylic acids is 1. The molecule has 0 aromatic heterocycles. The maximum atomic E-state index is 12.4. The lowest BCUT2D eigenvalue weighted by atomic mass is 9.96. The molecule has 4 heteroatoms. The maximum absolute atomic E-state index is 12.4. The van der Waals surface area contributed by atoms with E-state index in [0.717, 1.165) is 19.5 Å². The van der Waals surface area contributed by atoms with Crippen LogP contribution < -0.4 is 5.32 Å². The van der Waals surface area contributed by atoms with Gasteiger partial charge >= 0.3 is 0 Å². The van der Waals surface area contributed by atoms with Gasteiger partial charge in [0.15, 0.2) is 0 Å². The quantitative estimate of drug-likeness (QED) is 0.795. The van der Waals surface area contributed by atoms with Gasteiger partial charge in [-0.05, 0) is 41.3 Å². The average molecular weight is 241 g/mol. The smallest absolute Gasteiger partial charge is 0.241 e. The van der Waals surface area contributed by atoms with Crippen LogP contribution in [0.2, 0.25) is 0 Å². The van der Waals surface area contributed by atoms with E-state index in [0.29, 0.717) is 6.04 Å². The zero-order valence-electron chi connectivity index (χ0n) is 12.1. The van der Waals surface area contributed by atoms with Crippen molar-refractivity contribution in [2.24, 2.45) is 0 Å². The van der Waals surface area contributed by atoms with Crippen LogP contribution in [0.5, 0.6) is 0 Å².